The van der Waals surface area contributed by atoms with E-state index in [4.69, 9.17) is 0 Å². The Bertz CT molecular complexity index is 804. The fraction of sp³-hybridized carbons (Fsp3) is 0.500. The monoisotopic (exact) mass is 349 g/mol. The predicted molar refractivity (Wildman–Crippen MR) is 96.0 cm³/mol. The number of nitrogens with zero attached hydrogens (tertiary/aromatic N) is 2. The first kappa shape index (κ1) is 17.1. The summed E-state index contributed by atoms with van der Waals surface area (Å²) in [6.07, 6.45) is 2.94. The van der Waals surface area contributed by atoms with Crippen molar-refractivity contribution in [2.24, 2.45) is 0 Å². The van der Waals surface area contributed by atoms with Crippen molar-refractivity contribution in [3.63, 3.8) is 0 Å². The van der Waals surface area contributed by atoms with E-state index in [1.54, 1.807) is 25.1 Å². The zero-order valence-electron chi connectivity index (χ0n) is 14.1. The molecule has 0 aliphatic carbocycles. The molecule has 0 bridgehead atoms. The van der Waals surface area contributed by atoms with E-state index in [1.165, 1.54) is 16.9 Å². The van der Waals surface area contributed by atoms with Crippen molar-refractivity contribution in [1.82, 2.24) is 9.88 Å². The number of aromatic nitrogens is 1. The standard InChI is InChI=1S/C18H21F2N3S/c1-4-6-14-12(5-2)13-7-9-21-17(16(13)24-14)22-15-8-10-23(3)11-18(15,19)20/h7,9,15H,5,8,10-11H2,1-3H3,(H,21,22). The first-order valence-electron chi connectivity index (χ1n) is 8.12. The lowest BCUT2D eigenvalue weighted by molar-refractivity contribution is -0.0673. The Balaban J connectivity index is 1.99. The molecule has 24 heavy (non-hydrogen) atoms. The Morgan fingerprint density at radius 3 is 2.96 bits per heavy atom. The van der Waals surface area contributed by atoms with Gasteiger partial charge in [-0.05, 0) is 38.4 Å². The van der Waals surface area contributed by atoms with Crippen LogP contribution in [-0.2, 0) is 6.42 Å². The summed E-state index contributed by atoms with van der Waals surface area (Å²) in [5.41, 5.74) is 1.17. The number of pyridine rings is 1. The molecule has 1 saturated heterocycles. The molecule has 0 amide bonds. The summed E-state index contributed by atoms with van der Waals surface area (Å²) in [6.45, 7) is 4.32. The molecule has 0 spiro atoms. The van der Waals surface area contributed by atoms with E-state index in [0.29, 0.717) is 18.8 Å². The van der Waals surface area contributed by atoms with Crippen molar-refractivity contribution >= 4 is 27.2 Å². The summed E-state index contributed by atoms with van der Waals surface area (Å²) in [7, 11) is 1.73. The highest BCUT2D eigenvalue weighted by molar-refractivity contribution is 7.20. The van der Waals surface area contributed by atoms with Crippen LogP contribution in [0.4, 0.5) is 14.6 Å². The molecular formula is C18H21F2N3S. The first-order valence-corrected chi connectivity index (χ1v) is 8.94. The van der Waals surface area contributed by atoms with Gasteiger partial charge in [0, 0.05) is 18.1 Å². The molecule has 1 aliphatic rings. The predicted octanol–water partition coefficient (Wildman–Crippen LogP) is 3.98. The van der Waals surface area contributed by atoms with Crippen LogP contribution in [0.2, 0.25) is 0 Å². The Hall–Kier alpha value is -1.71. The van der Waals surface area contributed by atoms with Crippen molar-refractivity contribution in [3.8, 4) is 11.8 Å². The van der Waals surface area contributed by atoms with Gasteiger partial charge in [0.1, 0.15) is 5.82 Å². The van der Waals surface area contributed by atoms with Crippen LogP contribution in [0, 0.1) is 11.8 Å². The molecule has 2 aromatic heterocycles. The minimum atomic E-state index is -2.77. The Morgan fingerprint density at radius 1 is 1.50 bits per heavy atom. The van der Waals surface area contributed by atoms with Crippen LogP contribution < -0.4 is 5.32 Å². The second-order valence-electron chi connectivity index (χ2n) is 6.16. The molecule has 1 atom stereocenters. The SMILES string of the molecule is CC#Cc1sc2c(NC3CCN(C)CC3(F)F)nccc2c1CC. The molecule has 6 heteroatoms. The normalized spacial score (nSPS) is 20.6. The van der Waals surface area contributed by atoms with E-state index in [0.717, 1.165) is 21.4 Å². The Labute approximate surface area is 145 Å². The van der Waals surface area contributed by atoms with Crippen molar-refractivity contribution in [2.75, 3.05) is 25.5 Å². The van der Waals surface area contributed by atoms with E-state index in [1.807, 2.05) is 6.07 Å². The minimum absolute atomic E-state index is 0.224. The summed E-state index contributed by atoms with van der Waals surface area (Å²) >= 11 is 1.54. The molecule has 3 rings (SSSR count). The van der Waals surface area contributed by atoms with E-state index in [2.05, 4.69) is 29.1 Å². The number of piperidine rings is 1. The third kappa shape index (κ3) is 3.11. The van der Waals surface area contributed by atoms with Crippen LogP contribution in [0.3, 0.4) is 0 Å². The topological polar surface area (TPSA) is 28.2 Å². The van der Waals surface area contributed by atoms with Gasteiger partial charge in [0.05, 0.1) is 22.2 Å². The zero-order chi connectivity index (χ0) is 17.3. The minimum Gasteiger partial charge on any atom is -0.360 e. The van der Waals surface area contributed by atoms with Gasteiger partial charge in [-0.2, -0.15) is 0 Å². The largest absolute Gasteiger partial charge is 0.360 e. The van der Waals surface area contributed by atoms with Crippen LogP contribution in [0.1, 0.15) is 30.7 Å². The molecule has 0 radical (unpaired) electrons. The van der Waals surface area contributed by atoms with Gasteiger partial charge in [0.2, 0.25) is 0 Å². The van der Waals surface area contributed by atoms with Crippen LogP contribution in [0.15, 0.2) is 12.3 Å². The average Bonchev–Trinajstić information content (AvgIpc) is 2.88. The third-order valence-electron chi connectivity index (χ3n) is 4.40. The maximum absolute atomic E-state index is 14.3. The highest BCUT2D eigenvalue weighted by Crippen LogP contribution is 2.37. The fourth-order valence-corrected chi connectivity index (χ4v) is 4.44. The van der Waals surface area contributed by atoms with Gasteiger partial charge in [0.25, 0.3) is 5.92 Å². The van der Waals surface area contributed by atoms with Crippen LogP contribution >= 0.6 is 11.3 Å². The van der Waals surface area contributed by atoms with Crippen molar-refractivity contribution in [2.45, 2.75) is 38.7 Å². The maximum Gasteiger partial charge on any atom is 0.280 e. The van der Waals surface area contributed by atoms with E-state index < -0.39 is 12.0 Å². The number of anilines is 1. The van der Waals surface area contributed by atoms with E-state index in [-0.39, 0.29) is 6.54 Å². The van der Waals surface area contributed by atoms with Gasteiger partial charge in [-0.25, -0.2) is 13.8 Å². The molecule has 1 unspecified atom stereocenters. The number of aryl methyl sites for hydroxylation is 1. The fourth-order valence-electron chi connectivity index (χ4n) is 3.20. The van der Waals surface area contributed by atoms with E-state index in [9.17, 15) is 8.78 Å². The number of fused-ring (bicyclic) bond motifs is 1. The molecule has 3 nitrogen and oxygen atoms in total. The lowest BCUT2D eigenvalue weighted by Crippen LogP contribution is -2.53. The highest BCUT2D eigenvalue weighted by atomic mass is 32.1. The van der Waals surface area contributed by atoms with Gasteiger partial charge < -0.3 is 10.2 Å². The number of likely N-dealkylation sites (tertiary alicyclic amines) is 1. The Kier molecular flexibility index (Phi) is 4.75. The maximum atomic E-state index is 14.3. The van der Waals surface area contributed by atoms with E-state index >= 15 is 0 Å². The van der Waals surface area contributed by atoms with Crippen molar-refractivity contribution in [3.05, 3.63) is 22.7 Å². The molecule has 128 valence electrons. The summed E-state index contributed by atoms with van der Waals surface area (Å²) < 4.78 is 29.6. The van der Waals surface area contributed by atoms with Crippen LogP contribution in [0.5, 0.6) is 0 Å². The lowest BCUT2D eigenvalue weighted by atomic mass is 10.0. The summed E-state index contributed by atoms with van der Waals surface area (Å²) in [4.78, 5) is 7.01. The number of nitrogens with one attached hydrogen (secondary N) is 1. The van der Waals surface area contributed by atoms with Gasteiger partial charge in [-0.1, -0.05) is 12.8 Å². The summed E-state index contributed by atoms with van der Waals surface area (Å²) in [5, 5.41) is 4.08. The summed E-state index contributed by atoms with van der Waals surface area (Å²) in [5.74, 6) is 3.84. The molecule has 1 fully saturated rings. The van der Waals surface area contributed by atoms with Crippen molar-refractivity contribution < 1.29 is 8.78 Å². The molecule has 3 heterocycles. The number of thiophene rings is 1. The molecule has 0 saturated carbocycles. The summed E-state index contributed by atoms with van der Waals surface area (Å²) in [6, 6.07) is 1.06. The molecule has 1 aliphatic heterocycles. The molecule has 2 aromatic rings. The molecular weight excluding hydrogens is 328 g/mol. The molecule has 1 N–H and O–H groups in total. The number of halogens is 2. The first-order chi connectivity index (χ1) is 11.5. The second kappa shape index (κ2) is 6.66. The average molecular weight is 349 g/mol. The lowest BCUT2D eigenvalue weighted by Gasteiger charge is -2.37. The van der Waals surface area contributed by atoms with Gasteiger partial charge in [-0.3, -0.25) is 0 Å². The zero-order valence-corrected chi connectivity index (χ0v) is 14.9. The quantitative estimate of drug-likeness (QED) is 0.850. The van der Waals surface area contributed by atoms with Crippen LogP contribution in [-0.4, -0.2) is 42.0 Å². The van der Waals surface area contributed by atoms with Gasteiger partial charge >= 0.3 is 0 Å². The molecule has 0 aromatic carbocycles. The number of rotatable bonds is 3. The number of hydrogen-bond acceptors (Lipinski definition) is 4. The second-order valence-corrected chi connectivity index (χ2v) is 7.18. The van der Waals surface area contributed by atoms with Gasteiger partial charge in [0.15, 0.2) is 0 Å². The number of hydrogen-bond donors (Lipinski definition) is 1. The third-order valence-corrected chi connectivity index (χ3v) is 5.57. The smallest absolute Gasteiger partial charge is 0.280 e. The highest BCUT2D eigenvalue weighted by Gasteiger charge is 2.44. The Morgan fingerprint density at radius 2 is 2.29 bits per heavy atom. The van der Waals surface area contributed by atoms with Crippen molar-refractivity contribution in [1.29, 1.82) is 0 Å². The number of alkyl halides is 2. The van der Waals surface area contributed by atoms with Gasteiger partial charge in [-0.15, -0.1) is 17.3 Å². The van der Waals surface area contributed by atoms with Crippen LogP contribution in [0.25, 0.3) is 10.1 Å².